The predicted octanol–water partition coefficient (Wildman–Crippen LogP) is 2.24. The van der Waals surface area contributed by atoms with Gasteiger partial charge in [0.1, 0.15) is 5.54 Å². The highest BCUT2D eigenvalue weighted by atomic mass is 16.4. The Morgan fingerprint density at radius 2 is 1.95 bits per heavy atom. The fraction of sp³-hybridized carbons (Fsp3) is 0.438. The summed E-state index contributed by atoms with van der Waals surface area (Å²) in [5.41, 5.74) is -0.270. The van der Waals surface area contributed by atoms with E-state index in [-0.39, 0.29) is 5.91 Å². The van der Waals surface area contributed by atoms with Crippen molar-refractivity contribution in [3.63, 3.8) is 0 Å². The number of carbonyl (C=O) groups is 2. The Hall–Kier alpha value is -2.17. The zero-order valence-electron chi connectivity index (χ0n) is 12.1. The first-order valence-electron chi connectivity index (χ1n) is 7.15. The lowest BCUT2D eigenvalue weighted by atomic mass is 9.77. The number of nitrogens with one attached hydrogen (secondary N) is 1. The van der Waals surface area contributed by atoms with Gasteiger partial charge in [-0.1, -0.05) is 6.92 Å². The monoisotopic (exact) mass is 288 g/mol. The van der Waals surface area contributed by atoms with E-state index in [0.717, 1.165) is 18.4 Å². The van der Waals surface area contributed by atoms with Crippen molar-refractivity contribution in [3.8, 4) is 0 Å². The van der Waals surface area contributed by atoms with Crippen LogP contribution in [-0.4, -0.2) is 27.5 Å². The SMILES string of the molecule is CC1CCC(NC(=O)/C=C/c2ccncc2)(C(=O)O)CC1. The quantitative estimate of drug-likeness (QED) is 0.833. The number of carboxylic acid groups (broad SMARTS) is 1. The Labute approximate surface area is 124 Å². The number of carbonyl (C=O) groups excluding carboxylic acids is 1. The van der Waals surface area contributed by atoms with E-state index >= 15 is 0 Å². The lowest BCUT2D eigenvalue weighted by Crippen LogP contribution is -2.55. The van der Waals surface area contributed by atoms with Gasteiger partial charge in [0, 0.05) is 18.5 Å². The van der Waals surface area contributed by atoms with Gasteiger partial charge in [0.05, 0.1) is 0 Å². The normalized spacial score (nSPS) is 25.7. The van der Waals surface area contributed by atoms with Crippen molar-refractivity contribution in [1.82, 2.24) is 10.3 Å². The van der Waals surface area contributed by atoms with Crippen LogP contribution in [0.25, 0.3) is 6.08 Å². The first-order valence-corrected chi connectivity index (χ1v) is 7.15. The molecule has 0 unspecified atom stereocenters. The number of pyridine rings is 1. The van der Waals surface area contributed by atoms with Gasteiger partial charge in [-0.15, -0.1) is 0 Å². The number of hydrogen-bond acceptors (Lipinski definition) is 3. The standard InChI is InChI=1S/C16H20N2O3/c1-12-4-8-16(9-5-12,15(20)21)18-14(19)3-2-13-6-10-17-11-7-13/h2-3,6-7,10-12H,4-5,8-9H2,1H3,(H,18,19)(H,20,21)/b3-2+. The molecule has 112 valence electrons. The highest BCUT2D eigenvalue weighted by Gasteiger charge is 2.42. The minimum atomic E-state index is -1.12. The molecule has 0 aliphatic heterocycles. The van der Waals surface area contributed by atoms with Crippen LogP contribution in [-0.2, 0) is 9.59 Å². The average molecular weight is 288 g/mol. The van der Waals surface area contributed by atoms with Crippen LogP contribution in [0.4, 0.5) is 0 Å². The molecule has 21 heavy (non-hydrogen) atoms. The van der Waals surface area contributed by atoms with E-state index in [1.54, 1.807) is 30.6 Å². The maximum Gasteiger partial charge on any atom is 0.329 e. The Morgan fingerprint density at radius 3 is 2.52 bits per heavy atom. The summed E-state index contributed by atoms with van der Waals surface area (Å²) in [5, 5.41) is 12.1. The number of hydrogen-bond donors (Lipinski definition) is 2. The van der Waals surface area contributed by atoms with Crippen molar-refractivity contribution in [2.45, 2.75) is 38.1 Å². The first kappa shape index (κ1) is 15.2. The molecule has 1 aromatic heterocycles. The molecule has 5 nitrogen and oxygen atoms in total. The van der Waals surface area contributed by atoms with E-state index in [0.29, 0.717) is 18.8 Å². The van der Waals surface area contributed by atoms with Gasteiger partial charge in [0.2, 0.25) is 5.91 Å². The predicted molar refractivity (Wildman–Crippen MR) is 79.4 cm³/mol. The topological polar surface area (TPSA) is 79.3 Å². The number of amides is 1. The van der Waals surface area contributed by atoms with Gasteiger partial charge in [-0.25, -0.2) is 4.79 Å². The van der Waals surface area contributed by atoms with Crippen LogP contribution >= 0.6 is 0 Å². The van der Waals surface area contributed by atoms with Crippen molar-refractivity contribution >= 4 is 18.0 Å². The largest absolute Gasteiger partial charge is 0.480 e. The van der Waals surface area contributed by atoms with Gasteiger partial charge >= 0.3 is 5.97 Å². The zero-order chi connectivity index (χ0) is 15.3. The summed E-state index contributed by atoms with van der Waals surface area (Å²) in [6.07, 6.45) is 8.91. The fourth-order valence-corrected chi connectivity index (χ4v) is 2.57. The van der Waals surface area contributed by atoms with Gasteiger partial charge in [-0.3, -0.25) is 9.78 Å². The van der Waals surface area contributed by atoms with E-state index in [4.69, 9.17) is 0 Å². The second-order valence-corrected chi connectivity index (χ2v) is 5.67. The van der Waals surface area contributed by atoms with E-state index in [1.807, 2.05) is 0 Å². The van der Waals surface area contributed by atoms with Gasteiger partial charge in [0.25, 0.3) is 0 Å². The Balaban J connectivity index is 2.02. The van der Waals surface area contributed by atoms with Gasteiger partial charge < -0.3 is 10.4 Å². The summed E-state index contributed by atoms with van der Waals surface area (Å²) in [6.45, 7) is 2.11. The molecule has 1 aliphatic carbocycles. The van der Waals surface area contributed by atoms with Gasteiger partial charge in [0.15, 0.2) is 0 Å². The molecule has 0 bridgehead atoms. The van der Waals surface area contributed by atoms with Crippen molar-refractivity contribution in [3.05, 3.63) is 36.2 Å². The van der Waals surface area contributed by atoms with Crippen LogP contribution < -0.4 is 5.32 Å². The molecule has 1 aliphatic rings. The Bertz CT molecular complexity index is 532. The third kappa shape index (κ3) is 3.90. The fourth-order valence-electron chi connectivity index (χ4n) is 2.57. The minimum absolute atomic E-state index is 0.372. The molecule has 0 spiro atoms. The maximum atomic E-state index is 12.0. The Kier molecular flexibility index (Phi) is 4.73. The summed E-state index contributed by atoms with van der Waals surface area (Å²) < 4.78 is 0. The van der Waals surface area contributed by atoms with Crippen LogP contribution in [0, 0.1) is 5.92 Å². The van der Waals surface area contributed by atoms with Crippen LogP contribution in [0.3, 0.4) is 0 Å². The highest BCUT2D eigenvalue weighted by Crippen LogP contribution is 2.32. The van der Waals surface area contributed by atoms with Gasteiger partial charge in [-0.2, -0.15) is 0 Å². The number of aliphatic carboxylic acids is 1. The lowest BCUT2D eigenvalue weighted by Gasteiger charge is -2.36. The molecule has 1 aromatic rings. The van der Waals surface area contributed by atoms with Gasteiger partial charge in [-0.05, 0) is 55.4 Å². The summed E-state index contributed by atoms with van der Waals surface area (Å²) in [4.78, 5) is 27.4. The molecule has 0 radical (unpaired) electrons. The molecule has 2 rings (SSSR count). The van der Waals surface area contributed by atoms with E-state index in [9.17, 15) is 14.7 Å². The molecule has 1 fully saturated rings. The highest BCUT2D eigenvalue weighted by molar-refractivity contribution is 5.95. The maximum absolute atomic E-state index is 12.0. The molecule has 1 saturated carbocycles. The van der Waals surface area contributed by atoms with Crippen molar-refractivity contribution < 1.29 is 14.7 Å². The molecule has 0 aromatic carbocycles. The van der Waals surface area contributed by atoms with Crippen molar-refractivity contribution in [1.29, 1.82) is 0 Å². The summed E-state index contributed by atoms with van der Waals surface area (Å²) in [6, 6.07) is 3.55. The van der Waals surface area contributed by atoms with Crippen molar-refractivity contribution in [2.24, 2.45) is 5.92 Å². The first-order chi connectivity index (χ1) is 10.0. The van der Waals surface area contributed by atoms with Crippen molar-refractivity contribution in [2.75, 3.05) is 0 Å². The molecule has 5 heteroatoms. The molecule has 0 saturated heterocycles. The van der Waals surface area contributed by atoms with Crippen LogP contribution in [0.1, 0.15) is 38.2 Å². The van der Waals surface area contributed by atoms with Crippen LogP contribution in [0.15, 0.2) is 30.6 Å². The summed E-state index contributed by atoms with van der Waals surface area (Å²) in [5.74, 6) is -0.800. The molecule has 0 atom stereocenters. The number of carboxylic acids is 1. The summed E-state index contributed by atoms with van der Waals surface area (Å²) in [7, 11) is 0. The Morgan fingerprint density at radius 1 is 1.33 bits per heavy atom. The molecule has 1 amide bonds. The molecule has 1 heterocycles. The van der Waals surface area contributed by atoms with E-state index in [1.165, 1.54) is 6.08 Å². The number of nitrogens with zero attached hydrogens (tertiary/aromatic N) is 1. The minimum Gasteiger partial charge on any atom is -0.480 e. The molecular formula is C16H20N2O3. The molecular weight excluding hydrogens is 268 g/mol. The molecule has 2 N–H and O–H groups in total. The second-order valence-electron chi connectivity index (χ2n) is 5.67. The van der Waals surface area contributed by atoms with E-state index in [2.05, 4.69) is 17.2 Å². The number of rotatable bonds is 4. The average Bonchev–Trinajstić information content (AvgIpc) is 2.48. The second kappa shape index (κ2) is 6.52. The van der Waals surface area contributed by atoms with Crippen LogP contribution in [0.5, 0.6) is 0 Å². The third-order valence-electron chi connectivity index (χ3n) is 4.03. The third-order valence-corrected chi connectivity index (χ3v) is 4.03. The van der Waals surface area contributed by atoms with E-state index < -0.39 is 11.5 Å². The van der Waals surface area contributed by atoms with Crippen LogP contribution in [0.2, 0.25) is 0 Å². The lowest BCUT2D eigenvalue weighted by molar-refractivity contribution is -0.149. The number of aromatic nitrogens is 1. The smallest absolute Gasteiger partial charge is 0.329 e. The summed E-state index contributed by atoms with van der Waals surface area (Å²) >= 11 is 0. The zero-order valence-corrected chi connectivity index (χ0v) is 12.1.